The minimum absolute atomic E-state index is 0.112. The number of piperidine rings is 1. The van der Waals surface area contributed by atoms with E-state index in [1.165, 1.54) is 17.1 Å². The Morgan fingerprint density at radius 3 is 2.78 bits per heavy atom. The summed E-state index contributed by atoms with van der Waals surface area (Å²) in [4.78, 5) is 26.1. The first-order valence-corrected chi connectivity index (χ1v) is 6.71. The van der Waals surface area contributed by atoms with Crippen molar-refractivity contribution in [3.8, 4) is 0 Å². The number of sulfonamides is 1. The lowest BCUT2D eigenvalue weighted by atomic mass is 10.1. The van der Waals surface area contributed by atoms with Crippen LogP contribution in [0.15, 0.2) is 17.6 Å². The summed E-state index contributed by atoms with van der Waals surface area (Å²) in [5.74, 6) is -1.03. The molecule has 1 saturated heterocycles. The smallest absolute Gasteiger partial charge is 0.260 e. The maximum Gasteiger partial charge on any atom is 0.260 e. The first-order chi connectivity index (χ1) is 8.38. The van der Waals surface area contributed by atoms with Crippen molar-refractivity contribution in [1.82, 2.24) is 19.6 Å². The van der Waals surface area contributed by atoms with Crippen molar-refractivity contribution in [3.05, 3.63) is 12.5 Å². The zero-order valence-electron chi connectivity index (χ0n) is 9.58. The van der Waals surface area contributed by atoms with E-state index >= 15 is 0 Å². The van der Waals surface area contributed by atoms with E-state index in [0.717, 1.165) is 0 Å². The molecule has 1 aliphatic heterocycles. The van der Waals surface area contributed by atoms with Crippen molar-refractivity contribution in [2.45, 2.75) is 23.9 Å². The molecule has 1 fully saturated rings. The fraction of sp³-hybridized carbons (Fsp3) is 0.444. The minimum atomic E-state index is -3.84. The van der Waals surface area contributed by atoms with Gasteiger partial charge in [-0.2, -0.15) is 4.72 Å². The first kappa shape index (κ1) is 12.7. The van der Waals surface area contributed by atoms with E-state index < -0.39 is 27.9 Å². The van der Waals surface area contributed by atoms with Crippen LogP contribution in [0.2, 0.25) is 0 Å². The van der Waals surface area contributed by atoms with Crippen molar-refractivity contribution in [2.24, 2.45) is 7.05 Å². The number of nitrogens with one attached hydrogen (secondary N) is 2. The highest BCUT2D eigenvalue weighted by molar-refractivity contribution is 7.89. The van der Waals surface area contributed by atoms with Crippen LogP contribution in [0.3, 0.4) is 0 Å². The van der Waals surface area contributed by atoms with Crippen molar-refractivity contribution in [2.75, 3.05) is 0 Å². The Morgan fingerprint density at radius 2 is 2.22 bits per heavy atom. The molecule has 1 aromatic rings. The zero-order valence-corrected chi connectivity index (χ0v) is 10.4. The van der Waals surface area contributed by atoms with Crippen LogP contribution in [0.4, 0.5) is 0 Å². The highest BCUT2D eigenvalue weighted by Crippen LogP contribution is 2.10. The highest BCUT2D eigenvalue weighted by atomic mass is 32.2. The van der Waals surface area contributed by atoms with Crippen LogP contribution in [0, 0.1) is 0 Å². The summed E-state index contributed by atoms with van der Waals surface area (Å²) in [5.41, 5.74) is 0. The number of carbonyl (C=O) groups excluding carboxylic acids is 2. The first-order valence-electron chi connectivity index (χ1n) is 5.22. The van der Waals surface area contributed by atoms with Gasteiger partial charge in [-0.05, 0) is 6.42 Å². The van der Waals surface area contributed by atoms with Crippen LogP contribution in [-0.4, -0.2) is 35.8 Å². The van der Waals surface area contributed by atoms with Gasteiger partial charge in [0.05, 0.1) is 6.33 Å². The van der Waals surface area contributed by atoms with Gasteiger partial charge in [0.2, 0.25) is 11.8 Å². The monoisotopic (exact) mass is 272 g/mol. The van der Waals surface area contributed by atoms with E-state index in [9.17, 15) is 18.0 Å². The molecule has 0 bridgehead atoms. The van der Waals surface area contributed by atoms with Gasteiger partial charge in [-0.3, -0.25) is 14.9 Å². The second-order valence-electron chi connectivity index (χ2n) is 4.00. The lowest BCUT2D eigenvalue weighted by Crippen LogP contribution is -2.52. The van der Waals surface area contributed by atoms with Gasteiger partial charge in [-0.15, -0.1) is 0 Å². The highest BCUT2D eigenvalue weighted by Gasteiger charge is 2.31. The van der Waals surface area contributed by atoms with E-state index in [0.29, 0.717) is 0 Å². The molecule has 0 aromatic carbocycles. The normalized spacial score (nSPS) is 20.8. The second-order valence-corrected chi connectivity index (χ2v) is 5.66. The van der Waals surface area contributed by atoms with Gasteiger partial charge in [0, 0.05) is 19.7 Å². The average Bonchev–Trinajstić information content (AvgIpc) is 2.70. The molecule has 2 amide bonds. The van der Waals surface area contributed by atoms with Crippen LogP contribution < -0.4 is 10.0 Å². The maximum atomic E-state index is 11.9. The van der Waals surface area contributed by atoms with E-state index in [4.69, 9.17) is 0 Å². The Kier molecular flexibility index (Phi) is 3.18. The van der Waals surface area contributed by atoms with Crippen molar-refractivity contribution >= 4 is 21.8 Å². The third-order valence-electron chi connectivity index (χ3n) is 2.49. The lowest BCUT2D eigenvalue weighted by molar-refractivity contribution is -0.134. The van der Waals surface area contributed by atoms with E-state index in [1.807, 2.05) is 0 Å². The Bertz CT molecular complexity index is 591. The van der Waals surface area contributed by atoms with Crippen molar-refractivity contribution in [1.29, 1.82) is 0 Å². The predicted octanol–water partition coefficient (Wildman–Crippen LogP) is -1.50. The molecular formula is C9H12N4O4S. The Hall–Kier alpha value is -1.74. The quantitative estimate of drug-likeness (QED) is 0.651. The fourth-order valence-corrected chi connectivity index (χ4v) is 2.79. The number of rotatable bonds is 3. The predicted molar refractivity (Wildman–Crippen MR) is 59.7 cm³/mol. The molecule has 18 heavy (non-hydrogen) atoms. The molecule has 2 N–H and O–H groups in total. The zero-order chi connectivity index (χ0) is 13.3. The molecule has 1 aromatic heterocycles. The van der Waals surface area contributed by atoms with Gasteiger partial charge in [-0.25, -0.2) is 13.4 Å². The van der Waals surface area contributed by atoms with Gasteiger partial charge >= 0.3 is 0 Å². The number of amides is 2. The molecule has 9 heteroatoms. The van der Waals surface area contributed by atoms with Gasteiger partial charge in [0.1, 0.15) is 6.04 Å². The Morgan fingerprint density at radius 1 is 1.50 bits per heavy atom. The number of imide groups is 1. The molecule has 8 nitrogen and oxygen atoms in total. The largest absolute Gasteiger partial charge is 0.339 e. The number of imidazole rings is 1. The third kappa shape index (κ3) is 2.57. The summed E-state index contributed by atoms with van der Waals surface area (Å²) >= 11 is 0. The number of aryl methyl sites for hydroxylation is 1. The van der Waals surface area contributed by atoms with E-state index in [1.54, 1.807) is 7.05 Å². The molecule has 0 aliphatic carbocycles. The summed E-state index contributed by atoms with van der Waals surface area (Å²) in [7, 11) is -2.21. The maximum absolute atomic E-state index is 11.9. The van der Waals surface area contributed by atoms with Gasteiger partial charge in [-0.1, -0.05) is 0 Å². The standard InChI is InChI=1S/C9H12N4O4S/c1-13-4-8(10-5-13)18(16,17)12-6-2-3-7(14)11-9(6)15/h4-6,12H,2-3H2,1H3,(H,11,14,15). The molecular weight excluding hydrogens is 260 g/mol. The van der Waals surface area contributed by atoms with E-state index in [2.05, 4.69) is 15.0 Å². The molecule has 0 spiro atoms. The van der Waals surface area contributed by atoms with Crippen LogP contribution >= 0.6 is 0 Å². The number of hydrogen-bond donors (Lipinski definition) is 2. The van der Waals surface area contributed by atoms with Crippen molar-refractivity contribution < 1.29 is 18.0 Å². The summed E-state index contributed by atoms with van der Waals surface area (Å²) in [5, 5.41) is 1.92. The number of carbonyl (C=O) groups is 2. The third-order valence-corrected chi connectivity index (χ3v) is 3.85. The van der Waals surface area contributed by atoms with Crippen LogP contribution in [0.1, 0.15) is 12.8 Å². The van der Waals surface area contributed by atoms with Crippen LogP contribution in [-0.2, 0) is 26.7 Å². The van der Waals surface area contributed by atoms with Crippen LogP contribution in [0.25, 0.3) is 0 Å². The van der Waals surface area contributed by atoms with Gasteiger partial charge < -0.3 is 4.57 Å². The number of aromatic nitrogens is 2. The number of nitrogens with zero attached hydrogens (tertiary/aromatic N) is 2. The summed E-state index contributed by atoms with van der Waals surface area (Å²) in [6.45, 7) is 0. The van der Waals surface area contributed by atoms with Crippen LogP contribution in [0.5, 0.6) is 0 Å². The van der Waals surface area contributed by atoms with Gasteiger partial charge in [0.25, 0.3) is 10.0 Å². The molecule has 2 rings (SSSR count). The lowest BCUT2D eigenvalue weighted by Gasteiger charge is -2.21. The fourth-order valence-electron chi connectivity index (χ4n) is 1.58. The minimum Gasteiger partial charge on any atom is -0.339 e. The van der Waals surface area contributed by atoms with Crippen molar-refractivity contribution in [3.63, 3.8) is 0 Å². The van der Waals surface area contributed by atoms with E-state index in [-0.39, 0.29) is 17.9 Å². The molecule has 98 valence electrons. The molecule has 1 unspecified atom stereocenters. The Labute approximate surface area is 103 Å². The molecule has 1 aliphatic rings. The summed E-state index contributed by atoms with van der Waals surface area (Å²) < 4.78 is 27.5. The molecule has 2 heterocycles. The Balaban J connectivity index is 2.14. The number of hydrogen-bond acceptors (Lipinski definition) is 5. The average molecular weight is 272 g/mol. The summed E-state index contributed by atoms with van der Waals surface area (Å²) in [6, 6.07) is -0.935. The summed E-state index contributed by atoms with van der Waals surface area (Å²) in [6.07, 6.45) is 2.94. The topological polar surface area (TPSA) is 110 Å². The molecule has 1 atom stereocenters. The van der Waals surface area contributed by atoms with Gasteiger partial charge in [0.15, 0.2) is 5.03 Å². The SMILES string of the molecule is Cn1cnc(S(=O)(=O)NC2CCC(=O)NC2=O)c1. The molecule has 0 radical (unpaired) electrons. The molecule has 0 saturated carbocycles. The second kappa shape index (κ2) is 4.50.